The fraction of sp³-hybridized carbons (Fsp3) is 0.400. The van der Waals surface area contributed by atoms with Crippen molar-refractivity contribution in [3.63, 3.8) is 0 Å². The van der Waals surface area contributed by atoms with Crippen LogP contribution in [-0.4, -0.2) is 40.6 Å². The smallest absolute Gasteiger partial charge is 0.283 e. The first-order valence-corrected chi connectivity index (χ1v) is 9.72. The summed E-state index contributed by atoms with van der Waals surface area (Å²) in [5, 5.41) is 2.36. The molecule has 1 saturated carbocycles. The van der Waals surface area contributed by atoms with Crippen molar-refractivity contribution in [3.8, 4) is 0 Å². The molecule has 2 unspecified atom stereocenters. The third-order valence-corrected chi connectivity index (χ3v) is 5.68. The summed E-state index contributed by atoms with van der Waals surface area (Å²) < 4.78 is 87.8. The van der Waals surface area contributed by atoms with Crippen LogP contribution in [0.3, 0.4) is 0 Å². The maximum absolute atomic E-state index is 14.8. The maximum Gasteiger partial charge on any atom is 0.283 e. The predicted octanol–water partition coefficient (Wildman–Crippen LogP) is 3.73. The summed E-state index contributed by atoms with van der Waals surface area (Å²) in [5.41, 5.74) is 2.15. The van der Waals surface area contributed by atoms with Crippen molar-refractivity contribution in [2.75, 3.05) is 12.0 Å². The minimum atomic E-state index is -3.18. The molecular formula is C20H17F6N5O2. The number of nitrogens with one attached hydrogen (secondary N) is 1. The Morgan fingerprint density at radius 1 is 1.24 bits per heavy atom. The molecular weight excluding hydrogens is 456 g/mol. The molecule has 176 valence electrons. The highest BCUT2D eigenvalue weighted by atomic mass is 19.3. The molecule has 1 aromatic heterocycles. The van der Waals surface area contributed by atoms with E-state index in [0.29, 0.717) is 0 Å². The van der Waals surface area contributed by atoms with Crippen molar-refractivity contribution < 1.29 is 35.9 Å². The van der Waals surface area contributed by atoms with Gasteiger partial charge in [-0.1, -0.05) is 0 Å². The number of fused-ring (bicyclic) bond motifs is 1. The summed E-state index contributed by atoms with van der Waals surface area (Å²) in [6.45, 7) is -1.34. The van der Waals surface area contributed by atoms with Crippen LogP contribution >= 0.6 is 0 Å². The molecule has 2 aliphatic rings. The van der Waals surface area contributed by atoms with E-state index in [0.717, 1.165) is 30.6 Å². The SMILES string of the molecule is NC1=NC(CF)(c2cc(NC(=O)c3cnc(C(F)F)cn3)ccc2F)C2CC(F)(F)C[C@@H]2O1. The number of amides is 1. The molecule has 33 heavy (non-hydrogen) atoms. The molecule has 0 radical (unpaired) electrons. The number of nitrogens with two attached hydrogens (primary N) is 1. The number of rotatable bonds is 5. The molecule has 1 aliphatic heterocycles. The number of carbonyl (C=O) groups excluding carboxylic acids is 1. The van der Waals surface area contributed by atoms with E-state index in [1.54, 1.807) is 0 Å². The number of alkyl halides is 5. The molecule has 0 bridgehead atoms. The summed E-state index contributed by atoms with van der Waals surface area (Å²) in [5.74, 6) is -6.20. The number of hydrogen-bond acceptors (Lipinski definition) is 6. The molecule has 0 spiro atoms. The Hall–Kier alpha value is -3.38. The second-order valence-electron chi connectivity index (χ2n) is 7.81. The zero-order chi connectivity index (χ0) is 24.0. The number of hydrogen-bond donors (Lipinski definition) is 2. The summed E-state index contributed by atoms with van der Waals surface area (Å²) in [6.07, 6.45) is -3.99. The van der Waals surface area contributed by atoms with Crippen molar-refractivity contribution in [2.45, 2.75) is 36.8 Å². The Morgan fingerprint density at radius 3 is 2.64 bits per heavy atom. The first-order chi connectivity index (χ1) is 15.5. The van der Waals surface area contributed by atoms with Gasteiger partial charge in [-0.3, -0.25) is 9.78 Å². The monoisotopic (exact) mass is 473 g/mol. The number of amidine groups is 1. The van der Waals surface area contributed by atoms with Crippen molar-refractivity contribution >= 4 is 17.6 Å². The average molecular weight is 473 g/mol. The third-order valence-electron chi connectivity index (χ3n) is 5.68. The van der Waals surface area contributed by atoms with E-state index in [1.807, 2.05) is 0 Å². The molecule has 3 N–H and O–H groups in total. The van der Waals surface area contributed by atoms with Crippen molar-refractivity contribution in [1.29, 1.82) is 0 Å². The first-order valence-electron chi connectivity index (χ1n) is 9.72. The first kappa shape index (κ1) is 22.8. The zero-order valence-electron chi connectivity index (χ0n) is 16.7. The number of anilines is 1. The normalized spacial score (nSPS) is 25.8. The fourth-order valence-electron chi connectivity index (χ4n) is 4.19. The Bertz CT molecular complexity index is 1100. The number of carbonyl (C=O) groups is 1. The van der Waals surface area contributed by atoms with Gasteiger partial charge in [0.2, 0.25) is 0 Å². The van der Waals surface area contributed by atoms with Crippen LogP contribution in [0.1, 0.15) is 41.0 Å². The largest absolute Gasteiger partial charge is 0.461 e. The highest BCUT2D eigenvalue weighted by molar-refractivity contribution is 6.02. The number of aliphatic imine (C=N–C) groups is 1. The lowest BCUT2D eigenvalue weighted by molar-refractivity contribution is -0.00299. The fourth-order valence-corrected chi connectivity index (χ4v) is 4.19. The minimum absolute atomic E-state index is 0.0365. The van der Waals surface area contributed by atoms with Crippen molar-refractivity contribution in [2.24, 2.45) is 16.6 Å². The Kier molecular flexibility index (Phi) is 5.66. The molecule has 1 fully saturated rings. The summed E-state index contributed by atoms with van der Waals surface area (Å²) in [4.78, 5) is 23.3. The minimum Gasteiger partial charge on any atom is -0.461 e. The third kappa shape index (κ3) is 4.18. The highest BCUT2D eigenvalue weighted by Crippen LogP contribution is 2.53. The molecule has 0 saturated heterocycles. The van der Waals surface area contributed by atoms with Gasteiger partial charge in [0, 0.05) is 30.0 Å². The van der Waals surface area contributed by atoms with Crippen molar-refractivity contribution in [3.05, 3.63) is 53.4 Å². The van der Waals surface area contributed by atoms with Crippen LogP contribution < -0.4 is 11.1 Å². The van der Waals surface area contributed by atoms with Crippen LogP contribution in [0, 0.1) is 11.7 Å². The van der Waals surface area contributed by atoms with Crippen molar-refractivity contribution in [1.82, 2.24) is 9.97 Å². The molecule has 1 aliphatic carbocycles. The number of nitrogens with zero attached hydrogens (tertiary/aromatic N) is 3. The second kappa shape index (κ2) is 8.19. The Balaban J connectivity index is 1.67. The quantitative estimate of drug-likeness (QED) is 0.645. The van der Waals surface area contributed by atoms with Crippen LogP contribution in [0.5, 0.6) is 0 Å². The second-order valence-corrected chi connectivity index (χ2v) is 7.81. The predicted molar refractivity (Wildman–Crippen MR) is 103 cm³/mol. The lowest BCUT2D eigenvalue weighted by atomic mass is 9.76. The standard InChI is InChI=1S/C20H17F6N5O2/c21-8-20(11-4-19(25,26)5-15(11)33-18(27)31-20)10-3-9(1-2-12(10)22)30-17(32)14-7-28-13(6-29-14)16(23)24/h1-3,6-7,11,15-16H,4-5,8H2,(H2,27,31)(H,30,32)/t11?,15-,20?/m0/s1. The average Bonchev–Trinajstić information content (AvgIpc) is 3.08. The van der Waals surface area contributed by atoms with Crippen LogP contribution in [0.15, 0.2) is 35.6 Å². The van der Waals surface area contributed by atoms with Gasteiger partial charge in [-0.25, -0.2) is 36.3 Å². The summed E-state index contributed by atoms with van der Waals surface area (Å²) >= 11 is 0. The van der Waals surface area contributed by atoms with E-state index in [2.05, 4.69) is 20.3 Å². The van der Waals surface area contributed by atoms with E-state index in [-0.39, 0.29) is 16.9 Å². The Labute approximate surface area is 183 Å². The molecule has 7 nitrogen and oxygen atoms in total. The van der Waals surface area contributed by atoms with Gasteiger partial charge in [0.05, 0.1) is 12.4 Å². The molecule has 2 heterocycles. The van der Waals surface area contributed by atoms with Gasteiger partial charge in [-0.05, 0) is 18.2 Å². The van der Waals surface area contributed by atoms with Gasteiger partial charge in [0.1, 0.15) is 35.5 Å². The van der Waals surface area contributed by atoms with E-state index in [9.17, 15) is 31.1 Å². The van der Waals surface area contributed by atoms with E-state index < -0.39 is 72.9 Å². The highest BCUT2D eigenvalue weighted by Gasteiger charge is 2.60. The molecule has 13 heteroatoms. The van der Waals surface area contributed by atoms with Gasteiger partial charge < -0.3 is 15.8 Å². The van der Waals surface area contributed by atoms with Crippen LogP contribution in [0.2, 0.25) is 0 Å². The lowest BCUT2D eigenvalue weighted by Crippen LogP contribution is -2.48. The van der Waals surface area contributed by atoms with Gasteiger partial charge in [-0.15, -0.1) is 0 Å². The van der Waals surface area contributed by atoms with Gasteiger partial charge in [-0.2, -0.15) is 0 Å². The van der Waals surface area contributed by atoms with Gasteiger partial charge in [0.25, 0.3) is 24.3 Å². The number of halogens is 6. The van der Waals surface area contributed by atoms with E-state index in [1.165, 1.54) is 0 Å². The van der Waals surface area contributed by atoms with E-state index >= 15 is 0 Å². The molecule has 1 amide bonds. The maximum atomic E-state index is 14.8. The number of ether oxygens (including phenoxy) is 1. The molecule has 1 aromatic carbocycles. The summed E-state index contributed by atoms with van der Waals surface area (Å²) in [7, 11) is 0. The number of aromatic nitrogens is 2. The number of benzene rings is 1. The van der Waals surface area contributed by atoms with E-state index in [4.69, 9.17) is 10.5 Å². The lowest BCUT2D eigenvalue weighted by Gasteiger charge is -2.40. The topological polar surface area (TPSA) is 102 Å². The Morgan fingerprint density at radius 2 is 2.00 bits per heavy atom. The van der Waals surface area contributed by atoms with Crippen LogP contribution in [0.25, 0.3) is 0 Å². The zero-order valence-corrected chi connectivity index (χ0v) is 16.7. The molecule has 3 atom stereocenters. The summed E-state index contributed by atoms with van der Waals surface area (Å²) in [6, 6.07) is 2.58. The van der Waals surface area contributed by atoms with Crippen LogP contribution in [-0.2, 0) is 10.3 Å². The molecule has 2 aromatic rings. The van der Waals surface area contributed by atoms with Gasteiger partial charge >= 0.3 is 0 Å². The van der Waals surface area contributed by atoms with Gasteiger partial charge in [0.15, 0.2) is 0 Å². The molecule has 4 rings (SSSR count). The van der Waals surface area contributed by atoms with Crippen LogP contribution in [0.4, 0.5) is 32.0 Å².